The van der Waals surface area contributed by atoms with E-state index < -0.39 is 0 Å². The Kier molecular flexibility index (Phi) is 4.13. The molecule has 0 radical (unpaired) electrons. The van der Waals surface area contributed by atoms with E-state index in [4.69, 9.17) is 0 Å². The number of aryl methyl sites for hydroxylation is 1. The van der Waals surface area contributed by atoms with Gasteiger partial charge in [0, 0.05) is 11.3 Å². The summed E-state index contributed by atoms with van der Waals surface area (Å²) in [5.41, 5.74) is 5.86. The molecule has 1 aromatic heterocycles. The quantitative estimate of drug-likeness (QED) is 0.518. The van der Waals surface area contributed by atoms with Gasteiger partial charge in [-0.25, -0.2) is 0 Å². The highest BCUT2D eigenvalue weighted by Crippen LogP contribution is 2.25. The molecule has 0 saturated heterocycles. The van der Waals surface area contributed by atoms with Crippen molar-refractivity contribution in [1.82, 2.24) is 14.8 Å². The lowest BCUT2D eigenvalue weighted by Crippen LogP contribution is -1.96. The molecule has 4 aromatic rings. The number of aromatic nitrogens is 3. The van der Waals surface area contributed by atoms with Crippen molar-refractivity contribution >= 4 is 0 Å². The zero-order chi connectivity index (χ0) is 17.1. The number of benzene rings is 3. The van der Waals surface area contributed by atoms with Gasteiger partial charge in [-0.05, 0) is 35.2 Å². The molecule has 0 N–H and O–H groups in total. The maximum atomic E-state index is 4.32. The van der Waals surface area contributed by atoms with Gasteiger partial charge in [-0.3, -0.25) is 4.57 Å². The van der Waals surface area contributed by atoms with Crippen LogP contribution in [-0.4, -0.2) is 14.8 Å². The van der Waals surface area contributed by atoms with Gasteiger partial charge in [-0.15, -0.1) is 10.2 Å². The first-order chi connectivity index (χ1) is 12.3. The molecule has 0 atom stereocenters. The van der Waals surface area contributed by atoms with Crippen molar-refractivity contribution in [3.8, 4) is 28.2 Å². The summed E-state index contributed by atoms with van der Waals surface area (Å²) in [5, 5.41) is 8.43. The Morgan fingerprint density at radius 1 is 0.720 bits per heavy atom. The molecule has 3 aromatic carbocycles. The molecule has 0 fully saturated rings. The van der Waals surface area contributed by atoms with Crippen molar-refractivity contribution < 1.29 is 0 Å². The summed E-state index contributed by atoms with van der Waals surface area (Å²) in [5.74, 6) is 0.851. The third-order valence-electron chi connectivity index (χ3n) is 4.42. The summed E-state index contributed by atoms with van der Waals surface area (Å²) in [7, 11) is 0. The number of hydrogen-bond acceptors (Lipinski definition) is 2. The van der Waals surface area contributed by atoms with E-state index in [1.54, 1.807) is 6.33 Å². The first-order valence-electron chi connectivity index (χ1n) is 8.50. The van der Waals surface area contributed by atoms with E-state index in [1.807, 2.05) is 10.6 Å². The molecular weight excluding hydrogens is 306 g/mol. The summed E-state index contributed by atoms with van der Waals surface area (Å²) in [6, 6.07) is 27.4. The van der Waals surface area contributed by atoms with Crippen molar-refractivity contribution in [2.45, 2.75) is 13.3 Å². The molecule has 0 aliphatic heterocycles. The second kappa shape index (κ2) is 6.73. The summed E-state index contributed by atoms with van der Waals surface area (Å²) in [6.45, 7) is 2.16. The van der Waals surface area contributed by atoms with E-state index in [1.165, 1.54) is 16.7 Å². The lowest BCUT2D eigenvalue weighted by Gasteiger charge is -2.08. The first kappa shape index (κ1) is 15.3. The summed E-state index contributed by atoms with van der Waals surface area (Å²) >= 11 is 0. The normalized spacial score (nSPS) is 10.8. The largest absolute Gasteiger partial charge is 0.282 e. The van der Waals surface area contributed by atoms with Crippen LogP contribution in [0.25, 0.3) is 28.2 Å². The van der Waals surface area contributed by atoms with Gasteiger partial charge in [0.1, 0.15) is 6.33 Å². The molecule has 1 heterocycles. The van der Waals surface area contributed by atoms with Gasteiger partial charge in [0.25, 0.3) is 0 Å². The molecule has 0 saturated carbocycles. The van der Waals surface area contributed by atoms with E-state index in [0.717, 1.165) is 23.5 Å². The van der Waals surface area contributed by atoms with Crippen LogP contribution < -0.4 is 0 Å². The van der Waals surface area contributed by atoms with Gasteiger partial charge < -0.3 is 0 Å². The van der Waals surface area contributed by atoms with Crippen molar-refractivity contribution in [2.75, 3.05) is 0 Å². The number of hydrogen-bond donors (Lipinski definition) is 0. The molecule has 3 nitrogen and oxygen atoms in total. The highest BCUT2D eigenvalue weighted by atomic mass is 15.3. The van der Waals surface area contributed by atoms with E-state index in [0.29, 0.717) is 0 Å². The third-order valence-corrected chi connectivity index (χ3v) is 4.42. The number of rotatable bonds is 4. The lowest BCUT2D eigenvalue weighted by molar-refractivity contribution is 1.05. The Hall–Kier alpha value is -3.20. The fourth-order valence-corrected chi connectivity index (χ4v) is 2.96. The van der Waals surface area contributed by atoms with E-state index in [2.05, 4.69) is 89.9 Å². The Morgan fingerprint density at radius 2 is 1.36 bits per heavy atom. The summed E-state index contributed by atoms with van der Waals surface area (Å²) in [6.07, 6.45) is 2.80. The van der Waals surface area contributed by atoms with Crippen LogP contribution in [-0.2, 0) is 6.42 Å². The summed E-state index contributed by atoms with van der Waals surface area (Å²) < 4.78 is 2.02. The van der Waals surface area contributed by atoms with Crippen LogP contribution in [0.2, 0.25) is 0 Å². The van der Waals surface area contributed by atoms with Gasteiger partial charge in [0.05, 0.1) is 0 Å². The second-order valence-electron chi connectivity index (χ2n) is 5.99. The fraction of sp³-hybridized carbons (Fsp3) is 0.0909. The minimum absolute atomic E-state index is 0.851. The molecule has 0 amide bonds. The molecule has 0 aliphatic rings. The van der Waals surface area contributed by atoms with Gasteiger partial charge in [-0.2, -0.15) is 0 Å². The van der Waals surface area contributed by atoms with Crippen molar-refractivity contribution in [2.24, 2.45) is 0 Å². The van der Waals surface area contributed by atoms with Gasteiger partial charge >= 0.3 is 0 Å². The lowest BCUT2D eigenvalue weighted by atomic mass is 10.0. The predicted molar refractivity (Wildman–Crippen MR) is 102 cm³/mol. The standard InChI is InChI=1S/C22H19N3/c1-2-17-8-14-21(15-9-17)25-16-23-24-22(25)20-12-10-19(11-13-20)18-6-4-3-5-7-18/h3-16H,2H2,1H3. The molecule has 0 bridgehead atoms. The third kappa shape index (κ3) is 3.09. The van der Waals surface area contributed by atoms with Crippen molar-refractivity contribution in [3.05, 3.63) is 90.8 Å². The van der Waals surface area contributed by atoms with Crippen LogP contribution in [0, 0.1) is 0 Å². The van der Waals surface area contributed by atoms with Crippen LogP contribution in [0.5, 0.6) is 0 Å². The molecular formula is C22H19N3. The topological polar surface area (TPSA) is 30.7 Å². The molecule has 0 spiro atoms. The summed E-state index contributed by atoms with van der Waals surface area (Å²) in [4.78, 5) is 0. The Balaban J connectivity index is 1.68. The molecule has 0 aliphatic carbocycles. The fourth-order valence-electron chi connectivity index (χ4n) is 2.96. The highest BCUT2D eigenvalue weighted by molar-refractivity contribution is 5.68. The van der Waals surface area contributed by atoms with Crippen LogP contribution in [0.1, 0.15) is 12.5 Å². The Labute approximate surface area is 147 Å². The van der Waals surface area contributed by atoms with E-state index in [9.17, 15) is 0 Å². The maximum absolute atomic E-state index is 4.32. The van der Waals surface area contributed by atoms with Crippen LogP contribution in [0.4, 0.5) is 0 Å². The minimum atomic E-state index is 0.851. The average molecular weight is 325 g/mol. The Morgan fingerprint density at radius 3 is 2.04 bits per heavy atom. The maximum Gasteiger partial charge on any atom is 0.168 e. The van der Waals surface area contributed by atoms with Crippen LogP contribution in [0.3, 0.4) is 0 Å². The van der Waals surface area contributed by atoms with Crippen LogP contribution in [0.15, 0.2) is 85.2 Å². The van der Waals surface area contributed by atoms with E-state index in [-0.39, 0.29) is 0 Å². The molecule has 25 heavy (non-hydrogen) atoms. The van der Waals surface area contributed by atoms with E-state index >= 15 is 0 Å². The first-order valence-corrected chi connectivity index (χ1v) is 8.50. The van der Waals surface area contributed by atoms with Gasteiger partial charge in [0.15, 0.2) is 5.82 Å². The molecule has 3 heteroatoms. The highest BCUT2D eigenvalue weighted by Gasteiger charge is 2.09. The Bertz CT molecular complexity index is 952. The second-order valence-corrected chi connectivity index (χ2v) is 5.99. The van der Waals surface area contributed by atoms with Gasteiger partial charge in [-0.1, -0.05) is 73.7 Å². The molecule has 0 unspecified atom stereocenters. The zero-order valence-electron chi connectivity index (χ0n) is 14.1. The predicted octanol–water partition coefficient (Wildman–Crippen LogP) is 5.16. The monoisotopic (exact) mass is 325 g/mol. The zero-order valence-corrected chi connectivity index (χ0v) is 14.1. The molecule has 4 rings (SSSR count). The average Bonchev–Trinajstić information content (AvgIpc) is 3.19. The minimum Gasteiger partial charge on any atom is -0.282 e. The number of nitrogens with zero attached hydrogens (tertiary/aromatic N) is 3. The smallest absolute Gasteiger partial charge is 0.168 e. The van der Waals surface area contributed by atoms with Gasteiger partial charge in [0.2, 0.25) is 0 Å². The van der Waals surface area contributed by atoms with Crippen molar-refractivity contribution in [1.29, 1.82) is 0 Å². The SMILES string of the molecule is CCc1ccc(-n2cnnc2-c2ccc(-c3ccccc3)cc2)cc1. The van der Waals surface area contributed by atoms with Crippen LogP contribution >= 0.6 is 0 Å². The molecule has 122 valence electrons. The van der Waals surface area contributed by atoms with Crippen molar-refractivity contribution in [3.63, 3.8) is 0 Å².